The molecule has 0 saturated heterocycles. The van der Waals surface area contributed by atoms with E-state index >= 15 is 0 Å². The summed E-state index contributed by atoms with van der Waals surface area (Å²) in [5.41, 5.74) is 0.778. The summed E-state index contributed by atoms with van der Waals surface area (Å²) in [5.74, 6) is -1.55. The van der Waals surface area contributed by atoms with Gasteiger partial charge in [0, 0.05) is 6.42 Å². The fraction of sp³-hybridized carbons (Fsp3) is 0.250. The number of aromatic nitrogens is 2. The van der Waals surface area contributed by atoms with Gasteiger partial charge in [-0.25, -0.2) is 4.39 Å². The molecule has 1 aromatic carbocycles. The van der Waals surface area contributed by atoms with Crippen LogP contribution in [0.25, 0.3) is 0 Å². The molecule has 21 heavy (non-hydrogen) atoms. The van der Waals surface area contributed by atoms with Gasteiger partial charge in [0.15, 0.2) is 0 Å². The maximum atomic E-state index is 12.7. The first-order valence-electron chi connectivity index (χ1n) is 5.75. The fourth-order valence-corrected chi connectivity index (χ4v) is 2.29. The summed E-state index contributed by atoms with van der Waals surface area (Å²) in [4.78, 5) is 11.1. The molecule has 0 aliphatic carbocycles. The van der Waals surface area contributed by atoms with Gasteiger partial charge in [-0.3, -0.25) is 4.79 Å². The molecule has 0 spiro atoms. The van der Waals surface area contributed by atoms with E-state index in [-0.39, 0.29) is 10.9 Å². The fourth-order valence-electron chi connectivity index (χ4n) is 1.50. The molecule has 1 heterocycles. The Balaban J connectivity index is 1.95. The van der Waals surface area contributed by atoms with Crippen LogP contribution in [-0.4, -0.2) is 22.3 Å². The Morgan fingerprint density at radius 1 is 1.19 bits per heavy atom. The molecular weight excluding hydrogens is 310 g/mol. The van der Waals surface area contributed by atoms with Gasteiger partial charge < -0.3 is 5.32 Å². The molecule has 0 radical (unpaired) electrons. The van der Waals surface area contributed by atoms with E-state index in [4.69, 9.17) is 0 Å². The van der Waals surface area contributed by atoms with E-state index in [1.165, 1.54) is 12.1 Å². The number of hydrogen-bond donors (Lipinski definition) is 1. The molecule has 112 valence electrons. The van der Waals surface area contributed by atoms with Crippen LogP contribution in [0.1, 0.15) is 17.0 Å². The molecule has 0 atom stereocenters. The van der Waals surface area contributed by atoms with E-state index in [1.54, 1.807) is 12.1 Å². The van der Waals surface area contributed by atoms with Crippen molar-refractivity contribution in [3.63, 3.8) is 0 Å². The molecule has 0 saturated carbocycles. The van der Waals surface area contributed by atoms with Crippen molar-refractivity contribution in [1.82, 2.24) is 10.2 Å². The van der Waals surface area contributed by atoms with E-state index < -0.39 is 18.5 Å². The number of hydrogen-bond acceptors (Lipinski definition) is 4. The normalized spacial score (nSPS) is 11.4. The number of benzene rings is 1. The molecule has 1 aromatic heterocycles. The number of carbonyl (C=O) groups excluding carboxylic acids is 1. The predicted molar refractivity (Wildman–Crippen MR) is 68.4 cm³/mol. The van der Waals surface area contributed by atoms with Crippen molar-refractivity contribution in [2.24, 2.45) is 0 Å². The summed E-state index contributed by atoms with van der Waals surface area (Å²) in [6.07, 6.45) is -5.78. The maximum Gasteiger partial charge on any atom is 0.397 e. The van der Waals surface area contributed by atoms with Crippen molar-refractivity contribution in [3.8, 4) is 0 Å². The zero-order valence-corrected chi connectivity index (χ0v) is 11.3. The van der Waals surface area contributed by atoms with E-state index in [2.05, 4.69) is 10.2 Å². The summed E-state index contributed by atoms with van der Waals surface area (Å²) < 4.78 is 48.8. The third-order valence-electron chi connectivity index (χ3n) is 2.34. The van der Waals surface area contributed by atoms with Gasteiger partial charge in [0.2, 0.25) is 11.0 Å². The lowest BCUT2D eigenvalue weighted by atomic mass is 10.2. The highest BCUT2D eigenvalue weighted by atomic mass is 32.1. The van der Waals surface area contributed by atoms with Crippen LogP contribution in [0.4, 0.5) is 22.7 Å². The van der Waals surface area contributed by atoms with E-state index in [1.807, 2.05) is 5.32 Å². The van der Waals surface area contributed by atoms with Crippen LogP contribution in [0, 0.1) is 5.82 Å². The average molecular weight is 319 g/mol. The topological polar surface area (TPSA) is 54.9 Å². The SMILES string of the molecule is O=C(CC(F)(F)F)Nc1nnc(Cc2ccc(F)cc2)s1. The largest absolute Gasteiger partial charge is 0.397 e. The van der Waals surface area contributed by atoms with Gasteiger partial charge in [-0.1, -0.05) is 23.5 Å². The highest BCUT2D eigenvalue weighted by Crippen LogP contribution is 2.22. The Bertz CT molecular complexity index is 624. The molecule has 4 nitrogen and oxygen atoms in total. The van der Waals surface area contributed by atoms with Crippen molar-refractivity contribution < 1.29 is 22.4 Å². The molecular formula is C12H9F4N3OS. The molecule has 1 amide bonds. The van der Waals surface area contributed by atoms with Crippen LogP contribution >= 0.6 is 11.3 Å². The summed E-state index contributed by atoms with van der Waals surface area (Å²) in [6.45, 7) is 0. The Hall–Kier alpha value is -2.03. The first kappa shape index (κ1) is 15.4. The van der Waals surface area contributed by atoms with Crippen LogP contribution in [0.3, 0.4) is 0 Å². The number of rotatable bonds is 4. The Morgan fingerprint density at radius 3 is 2.48 bits per heavy atom. The Labute approximate surface area is 120 Å². The lowest BCUT2D eigenvalue weighted by molar-refractivity contribution is -0.150. The monoisotopic (exact) mass is 319 g/mol. The Kier molecular flexibility index (Phi) is 4.51. The Morgan fingerprint density at radius 2 is 1.86 bits per heavy atom. The van der Waals surface area contributed by atoms with Gasteiger partial charge in [-0.05, 0) is 17.7 Å². The smallest absolute Gasteiger partial charge is 0.300 e. The number of halogens is 4. The first-order chi connectivity index (χ1) is 9.82. The van der Waals surface area contributed by atoms with E-state index in [0.29, 0.717) is 11.4 Å². The number of nitrogens with zero attached hydrogens (tertiary/aromatic N) is 2. The molecule has 2 aromatic rings. The second kappa shape index (κ2) is 6.17. The molecule has 0 aliphatic rings. The first-order valence-corrected chi connectivity index (χ1v) is 6.57. The molecule has 1 N–H and O–H groups in total. The predicted octanol–water partition coefficient (Wildman–Crippen LogP) is 3.16. The number of carbonyl (C=O) groups is 1. The maximum absolute atomic E-state index is 12.7. The summed E-state index contributed by atoms with van der Waals surface area (Å²) in [7, 11) is 0. The lowest BCUT2D eigenvalue weighted by Gasteiger charge is -2.04. The van der Waals surface area contributed by atoms with Crippen LogP contribution in [0.15, 0.2) is 24.3 Å². The van der Waals surface area contributed by atoms with Gasteiger partial charge in [-0.15, -0.1) is 10.2 Å². The van der Waals surface area contributed by atoms with Crippen molar-refractivity contribution in [2.75, 3.05) is 5.32 Å². The summed E-state index contributed by atoms with van der Waals surface area (Å²) in [5, 5.41) is 9.90. The lowest BCUT2D eigenvalue weighted by Crippen LogP contribution is -2.21. The second-order valence-electron chi connectivity index (χ2n) is 4.14. The van der Waals surface area contributed by atoms with Gasteiger partial charge in [0.05, 0.1) is 0 Å². The molecule has 0 unspecified atom stereocenters. The minimum atomic E-state index is -4.56. The van der Waals surface area contributed by atoms with Gasteiger partial charge >= 0.3 is 6.18 Å². The van der Waals surface area contributed by atoms with Crippen molar-refractivity contribution in [3.05, 3.63) is 40.7 Å². The summed E-state index contributed by atoms with van der Waals surface area (Å²) >= 11 is 0.971. The number of amides is 1. The van der Waals surface area contributed by atoms with Gasteiger partial charge in [0.1, 0.15) is 17.2 Å². The number of alkyl halides is 3. The zero-order chi connectivity index (χ0) is 15.5. The van der Waals surface area contributed by atoms with Crippen LogP contribution < -0.4 is 5.32 Å². The summed E-state index contributed by atoms with van der Waals surface area (Å²) in [6, 6.07) is 5.72. The third kappa shape index (κ3) is 5.10. The molecule has 0 bridgehead atoms. The van der Waals surface area contributed by atoms with E-state index in [0.717, 1.165) is 16.9 Å². The average Bonchev–Trinajstić information content (AvgIpc) is 2.77. The third-order valence-corrected chi connectivity index (χ3v) is 3.18. The second-order valence-corrected chi connectivity index (χ2v) is 5.21. The molecule has 0 fully saturated rings. The zero-order valence-electron chi connectivity index (χ0n) is 10.4. The number of anilines is 1. The van der Waals surface area contributed by atoms with Crippen molar-refractivity contribution in [2.45, 2.75) is 19.0 Å². The van der Waals surface area contributed by atoms with Gasteiger partial charge in [-0.2, -0.15) is 13.2 Å². The van der Waals surface area contributed by atoms with E-state index in [9.17, 15) is 22.4 Å². The minimum absolute atomic E-state index is 0.00126. The van der Waals surface area contributed by atoms with Crippen molar-refractivity contribution >= 4 is 22.4 Å². The number of nitrogens with one attached hydrogen (secondary N) is 1. The van der Waals surface area contributed by atoms with Crippen molar-refractivity contribution in [1.29, 1.82) is 0 Å². The highest BCUT2D eigenvalue weighted by molar-refractivity contribution is 7.15. The minimum Gasteiger partial charge on any atom is -0.300 e. The molecule has 9 heteroatoms. The van der Waals surface area contributed by atoms with Gasteiger partial charge in [0.25, 0.3) is 0 Å². The molecule has 2 rings (SSSR count). The standard InChI is InChI=1S/C12H9F4N3OS/c13-8-3-1-7(2-4-8)5-10-18-19-11(21-10)17-9(20)6-12(14,15)16/h1-4H,5-6H2,(H,17,19,20). The highest BCUT2D eigenvalue weighted by Gasteiger charge is 2.31. The van der Waals surface area contributed by atoms with Crippen LogP contribution in [0.2, 0.25) is 0 Å². The van der Waals surface area contributed by atoms with Crippen LogP contribution in [0.5, 0.6) is 0 Å². The van der Waals surface area contributed by atoms with Crippen LogP contribution in [-0.2, 0) is 11.2 Å². The quantitative estimate of drug-likeness (QED) is 0.881. The molecule has 0 aliphatic heterocycles.